The molecule has 0 spiro atoms. The van der Waals surface area contributed by atoms with Crippen LogP contribution in [0, 0.1) is 5.92 Å². The summed E-state index contributed by atoms with van der Waals surface area (Å²) in [5.41, 5.74) is 6.75. The fourth-order valence-corrected chi connectivity index (χ4v) is 6.96. The fraction of sp³-hybridized carbons (Fsp3) is 0.214. The molecule has 5 rings (SSSR count). The van der Waals surface area contributed by atoms with Crippen LogP contribution in [0.1, 0.15) is 48.3 Å². The van der Waals surface area contributed by atoms with E-state index < -0.39 is 7.12 Å². The van der Waals surface area contributed by atoms with Crippen molar-refractivity contribution in [2.45, 2.75) is 32.1 Å². The van der Waals surface area contributed by atoms with E-state index in [0.29, 0.717) is 17.3 Å². The molecule has 0 saturated carbocycles. The number of hydrogen-bond acceptors (Lipinski definition) is 3. The monoisotopic (exact) mass is 438 g/mol. The molecular formula is C28H27BO2S. The van der Waals surface area contributed by atoms with E-state index in [4.69, 9.17) is 0 Å². The Morgan fingerprint density at radius 2 is 1.91 bits per heavy atom. The van der Waals surface area contributed by atoms with Crippen LogP contribution >= 0.6 is 11.3 Å². The van der Waals surface area contributed by atoms with Gasteiger partial charge in [-0.25, -0.2) is 0 Å². The van der Waals surface area contributed by atoms with Crippen LogP contribution in [-0.4, -0.2) is 17.2 Å². The SMILES string of the molecule is C=Cc1c(/C(=C\C)B(O)O)sc2c(-c3ccc4c(c3)C(C)(C)C3C=CC=CC43)cccc12. The molecule has 0 fully saturated rings. The molecule has 4 heteroatoms. The average Bonchev–Trinajstić information content (AvgIpc) is 3.27. The van der Waals surface area contributed by atoms with E-state index in [0.717, 1.165) is 20.5 Å². The molecule has 0 bridgehead atoms. The molecule has 2 nitrogen and oxygen atoms in total. The Bertz CT molecular complexity index is 1320. The van der Waals surface area contributed by atoms with Gasteiger partial charge in [-0.1, -0.05) is 93.3 Å². The minimum absolute atomic E-state index is 0.0666. The first-order valence-electron chi connectivity index (χ1n) is 11.1. The summed E-state index contributed by atoms with van der Waals surface area (Å²) in [6.07, 6.45) is 12.6. The molecule has 0 radical (unpaired) electrons. The van der Waals surface area contributed by atoms with E-state index in [1.807, 2.05) is 13.0 Å². The van der Waals surface area contributed by atoms with Gasteiger partial charge in [-0.15, -0.1) is 11.3 Å². The lowest BCUT2D eigenvalue weighted by molar-refractivity contribution is 0.394. The highest BCUT2D eigenvalue weighted by Crippen LogP contribution is 2.54. The number of hydrogen-bond donors (Lipinski definition) is 2. The average molecular weight is 438 g/mol. The third kappa shape index (κ3) is 3.01. The zero-order chi connectivity index (χ0) is 22.6. The van der Waals surface area contributed by atoms with Crippen LogP contribution in [0.4, 0.5) is 0 Å². The fourth-order valence-electron chi connectivity index (χ4n) is 5.53. The summed E-state index contributed by atoms with van der Waals surface area (Å²) in [6, 6.07) is 13.2. The van der Waals surface area contributed by atoms with Gasteiger partial charge in [0.05, 0.1) is 0 Å². The van der Waals surface area contributed by atoms with Gasteiger partial charge < -0.3 is 10.0 Å². The topological polar surface area (TPSA) is 40.5 Å². The van der Waals surface area contributed by atoms with Crippen molar-refractivity contribution < 1.29 is 10.0 Å². The van der Waals surface area contributed by atoms with Crippen molar-refractivity contribution >= 4 is 40.1 Å². The van der Waals surface area contributed by atoms with Gasteiger partial charge in [0, 0.05) is 20.9 Å². The Hall–Kier alpha value is -2.66. The summed E-state index contributed by atoms with van der Waals surface area (Å²) < 4.78 is 1.14. The summed E-state index contributed by atoms with van der Waals surface area (Å²) in [4.78, 5) is 0.864. The van der Waals surface area contributed by atoms with Gasteiger partial charge >= 0.3 is 7.12 Å². The van der Waals surface area contributed by atoms with Crippen molar-refractivity contribution in [3.8, 4) is 11.1 Å². The normalized spacial score (nSPS) is 21.0. The second kappa shape index (κ2) is 7.74. The van der Waals surface area contributed by atoms with E-state index in [9.17, 15) is 10.0 Å². The van der Waals surface area contributed by atoms with Crippen molar-refractivity contribution in [1.29, 1.82) is 0 Å². The number of thiophene rings is 1. The first-order valence-corrected chi connectivity index (χ1v) is 11.9. The summed E-state index contributed by atoms with van der Waals surface area (Å²) >= 11 is 1.60. The van der Waals surface area contributed by atoms with Gasteiger partial charge in [-0.05, 0) is 51.5 Å². The van der Waals surface area contributed by atoms with Gasteiger partial charge in [0.1, 0.15) is 0 Å². The molecule has 3 aromatic rings. The van der Waals surface area contributed by atoms with Crippen LogP contribution in [-0.2, 0) is 5.41 Å². The Morgan fingerprint density at radius 3 is 2.62 bits per heavy atom. The van der Waals surface area contributed by atoms with Crippen molar-refractivity contribution in [2.24, 2.45) is 5.92 Å². The second-order valence-electron chi connectivity index (χ2n) is 9.19. The summed E-state index contributed by atoms with van der Waals surface area (Å²) in [5.74, 6) is 0.927. The predicted molar refractivity (Wildman–Crippen MR) is 139 cm³/mol. The minimum atomic E-state index is -1.51. The molecule has 1 heterocycles. The number of benzene rings is 2. The third-order valence-electron chi connectivity index (χ3n) is 7.20. The van der Waals surface area contributed by atoms with E-state index in [-0.39, 0.29) is 5.41 Å². The predicted octanol–water partition coefficient (Wildman–Crippen LogP) is 6.74. The molecule has 0 saturated heterocycles. The third-order valence-corrected chi connectivity index (χ3v) is 8.50. The Labute approximate surface area is 194 Å². The summed E-state index contributed by atoms with van der Waals surface area (Å²) in [6.45, 7) is 10.5. The molecule has 2 atom stereocenters. The molecule has 32 heavy (non-hydrogen) atoms. The molecule has 0 aliphatic heterocycles. The number of allylic oxidation sites excluding steroid dienone is 5. The summed E-state index contributed by atoms with van der Waals surface area (Å²) in [7, 11) is -1.51. The quantitative estimate of drug-likeness (QED) is 0.443. The maximum atomic E-state index is 9.91. The maximum absolute atomic E-state index is 9.91. The van der Waals surface area contributed by atoms with Gasteiger partial charge in [-0.3, -0.25) is 0 Å². The maximum Gasteiger partial charge on any atom is 0.489 e. The molecule has 2 aliphatic carbocycles. The lowest BCUT2D eigenvalue weighted by atomic mass is 9.74. The second-order valence-corrected chi connectivity index (χ2v) is 10.2. The van der Waals surface area contributed by atoms with Gasteiger partial charge in [-0.2, -0.15) is 0 Å². The van der Waals surface area contributed by atoms with Gasteiger partial charge in [0.15, 0.2) is 0 Å². The molecular weight excluding hydrogens is 411 g/mol. The standard InChI is InChI=1S/C28H27BO2S/c1-5-18-22-12-9-11-19(26(22)32-27(18)25(6-2)29(30)31)17-14-15-21-20-10-7-8-13-23(20)28(3,4)24(21)16-17/h5-16,20,23,30-31H,1H2,2-4H3/b25-6+. The molecule has 1 aromatic heterocycles. The molecule has 2 unspecified atom stereocenters. The highest BCUT2D eigenvalue weighted by Gasteiger charge is 2.44. The highest BCUT2D eigenvalue weighted by atomic mass is 32.1. The van der Waals surface area contributed by atoms with Crippen LogP contribution < -0.4 is 0 Å². The van der Waals surface area contributed by atoms with Crippen molar-refractivity contribution in [1.82, 2.24) is 0 Å². The largest absolute Gasteiger partial charge is 0.489 e. The smallest absolute Gasteiger partial charge is 0.423 e. The molecule has 2 aromatic carbocycles. The first-order chi connectivity index (χ1) is 15.4. The van der Waals surface area contributed by atoms with Crippen molar-refractivity contribution in [3.63, 3.8) is 0 Å². The zero-order valence-electron chi connectivity index (χ0n) is 18.7. The van der Waals surface area contributed by atoms with Crippen LogP contribution in [0.25, 0.3) is 32.8 Å². The highest BCUT2D eigenvalue weighted by molar-refractivity contribution is 7.21. The minimum Gasteiger partial charge on any atom is -0.423 e. The van der Waals surface area contributed by atoms with Crippen LogP contribution in [0.5, 0.6) is 0 Å². The Kier molecular flexibility index (Phi) is 5.13. The lowest BCUT2D eigenvalue weighted by Gasteiger charge is -2.29. The molecule has 0 amide bonds. The van der Waals surface area contributed by atoms with Crippen LogP contribution in [0.3, 0.4) is 0 Å². The van der Waals surface area contributed by atoms with E-state index in [1.54, 1.807) is 17.4 Å². The molecule has 160 valence electrons. The molecule has 2 N–H and O–H groups in total. The van der Waals surface area contributed by atoms with E-state index in [1.165, 1.54) is 22.3 Å². The first kappa shape index (κ1) is 21.2. The van der Waals surface area contributed by atoms with E-state index in [2.05, 4.69) is 81.1 Å². The Morgan fingerprint density at radius 1 is 1.12 bits per heavy atom. The number of fused-ring (bicyclic) bond motifs is 4. The van der Waals surface area contributed by atoms with Crippen molar-refractivity contribution in [3.05, 3.63) is 94.9 Å². The Balaban J connectivity index is 1.71. The van der Waals surface area contributed by atoms with E-state index >= 15 is 0 Å². The van der Waals surface area contributed by atoms with Crippen LogP contribution in [0.2, 0.25) is 0 Å². The molecule has 2 aliphatic rings. The number of rotatable bonds is 4. The van der Waals surface area contributed by atoms with Crippen LogP contribution in [0.15, 0.2) is 73.4 Å². The van der Waals surface area contributed by atoms with Gasteiger partial charge in [0.25, 0.3) is 0 Å². The van der Waals surface area contributed by atoms with Gasteiger partial charge in [0.2, 0.25) is 0 Å². The zero-order valence-corrected chi connectivity index (χ0v) is 19.5. The van der Waals surface area contributed by atoms with Crippen molar-refractivity contribution in [2.75, 3.05) is 0 Å². The summed E-state index contributed by atoms with van der Waals surface area (Å²) in [5, 5.41) is 20.9. The lowest BCUT2D eigenvalue weighted by Crippen LogP contribution is -2.24.